The number of halogens is 1. The van der Waals surface area contributed by atoms with Gasteiger partial charge in [0.15, 0.2) is 0 Å². The quantitative estimate of drug-likeness (QED) is 0.699. The standard InChI is InChI=1S/C15H23ClO2/c1-2-3-4-5-6-7-14(17)15(18)12-8-10-13(16)11-9-12/h8-11,14-15,17-18H,2-7H2,1H3/t14-,15+/m0/s1. The molecule has 0 aromatic heterocycles. The van der Waals surface area contributed by atoms with Gasteiger partial charge in [-0.25, -0.2) is 0 Å². The highest BCUT2D eigenvalue weighted by Gasteiger charge is 2.17. The van der Waals surface area contributed by atoms with Crippen LogP contribution in [0.15, 0.2) is 24.3 Å². The van der Waals surface area contributed by atoms with E-state index in [0.29, 0.717) is 11.4 Å². The van der Waals surface area contributed by atoms with Gasteiger partial charge in [-0.1, -0.05) is 62.8 Å². The van der Waals surface area contributed by atoms with Gasteiger partial charge in [0, 0.05) is 5.02 Å². The van der Waals surface area contributed by atoms with E-state index in [2.05, 4.69) is 6.92 Å². The smallest absolute Gasteiger partial charge is 0.105 e. The van der Waals surface area contributed by atoms with Gasteiger partial charge < -0.3 is 10.2 Å². The lowest BCUT2D eigenvalue weighted by molar-refractivity contribution is 0.0120. The topological polar surface area (TPSA) is 40.5 Å². The molecule has 102 valence electrons. The van der Waals surface area contributed by atoms with Crippen molar-refractivity contribution in [2.45, 2.75) is 57.7 Å². The third kappa shape index (κ3) is 5.38. The van der Waals surface area contributed by atoms with E-state index in [-0.39, 0.29) is 0 Å². The molecule has 2 atom stereocenters. The maximum absolute atomic E-state index is 9.99. The first kappa shape index (κ1) is 15.5. The number of aliphatic hydroxyl groups excluding tert-OH is 2. The van der Waals surface area contributed by atoms with Crippen molar-refractivity contribution >= 4 is 11.6 Å². The van der Waals surface area contributed by atoms with Crippen LogP contribution in [0.2, 0.25) is 5.02 Å². The second kappa shape index (κ2) is 8.52. The first-order valence-corrected chi connectivity index (χ1v) is 7.14. The van der Waals surface area contributed by atoms with Crippen LogP contribution >= 0.6 is 11.6 Å². The minimum Gasteiger partial charge on any atom is -0.390 e. The average molecular weight is 271 g/mol. The van der Waals surface area contributed by atoms with Crippen molar-refractivity contribution in [3.8, 4) is 0 Å². The highest BCUT2D eigenvalue weighted by Crippen LogP contribution is 2.22. The van der Waals surface area contributed by atoms with Gasteiger partial charge in [0.1, 0.15) is 6.10 Å². The Balaban J connectivity index is 2.32. The third-order valence-electron chi connectivity index (χ3n) is 3.18. The van der Waals surface area contributed by atoms with E-state index in [4.69, 9.17) is 11.6 Å². The largest absolute Gasteiger partial charge is 0.390 e. The van der Waals surface area contributed by atoms with Crippen LogP contribution in [0, 0.1) is 0 Å². The number of hydrogen-bond donors (Lipinski definition) is 2. The molecule has 0 aliphatic carbocycles. The van der Waals surface area contributed by atoms with Gasteiger partial charge in [-0.05, 0) is 24.1 Å². The minimum absolute atomic E-state index is 0.639. The van der Waals surface area contributed by atoms with Crippen molar-refractivity contribution in [3.63, 3.8) is 0 Å². The molecule has 0 aliphatic rings. The first-order valence-electron chi connectivity index (χ1n) is 6.76. The van der Waals surface area contributed by atoms with Gasteiger partial charge in [-0.2, -0.15) is 0 Å². The Hall–Kier alpha value is -0.570. The van der Waals surface area contributed by atoms with E-state index >= 15 is 0 Å². The number of hydrogen-bond acceptors (Lipinski definition) is 2. The first-order chi connectivity index (χ1) is 8.65. The van der Waals surface area contributed by atoms with Crippen molar-refractivity contribution < 1.29 is 10.2 Å². The van der Waals surface area contributed by atoms with Crippen LogP contribution in [0.1, 0.15) is 57.1 Å². The lowest BCUT2D eigenvalue weighted by Gasteiger charge is -2.18. The molecule has 2 nitrogen and oxygen atoms in total. The molecule has 0 saturated carbocycles. The molecule has 0 bridgehead atoms. The predicted molar refractivity (Wildman–Crippen MR) is 75.8 cm³/mol. The van der Waals surface area contributed by atoms with Crippen molar-refractivity contribution in [1.29, 1.82) is 0 Å². The van der Waals surface area contributed by atoms with Crippen LogP contribution < -0.4 is 0 Å². The molecule has 18 heavy (non-hydrogen) atoms. The summed E-state index contributed by atoms with van der Waals surface area (Å²) in [5.41, 5.74) is 0.723. The summed E-state index contributed by atoms with van der Waals surface area (Å²) in [6.07, 6.45) is 4.91. The molecular weight excluding hydrogens is 248 g/mol. The molecule has 0 saturated heterocycles. The predicted octanol–water partition coefficient (Wildman–Crippen LogP) is 4.09. The van der Waals surface area contributed by atoms with E-state index in [9.17, 15) is 10.2 Å². The molecule has 0 spiro atoms. The molecule has 0 fully saturated rings. The van der Waals surface area contributed by atoms with E-state index in [1.165, 1.54) is 19.3 Å². The summed E-state index contributed by atoms with van der Waals surface area (Å²) in [5.74, 6) is 0. The third-order valence-corrected chi connectivity index (χ3v) is 3.43. The fraction of sp³-hybridized carbons (Fsp3) is 0.600. The van der Waals surface area contributed by atoms with Crippen LogP contribution in [0.3, 0.4) is 0 Å². The van der Waals surface area contributed by atoms with Gasteiger partial charge in [0.2, 0.25) is 0 Å². The Bertz CT molecular complexity index is 324. The zero-order valence-corrected chi connectivity index (χ0v) is 11.7. The Kier molecular flexibility index (Phi) is 7.33. The molecular formula is C15H23ClO2. The zero-order chi connectivity index (χ0) is 13.4. The summed E-state index contributed by atoms with van der Waals surface area (Å²) >= 11 is 5.78. The molecule has 2 N–H and O–H groups in total. The molecule has 0 unspecified atom stereocenters. The van der Waals surface area contributed by atoms with Gasteiger partial charge in [0.05, 0.1) is 6.10 Å². The number of rotatable bonds is 8. The lowest BCUT2D eigenvalue weighted by Crippen LogP contribution is -2.18. The molecule has 3 heteroatoms. The van der Waals surface area contributed by atoms with Crippen molar-refractivity contribution in [1.82, 2.24) is 0 Å². The Morgan fingerprint density at radius 2 is 1.61 bits per heavy atom. The van der Waals surface area contributed by atoms with Crippen molar-refractivity contribution in [2.75, 3.05) is 0 Å². The summed E-state index contributed by atoms with van der Waals surface area (Å²) in [5, 5.41) is 20.5. The summed E-state index contributed by atoms with van der Waals surface area (Å²) in [6.45, 7) is 2.18. The summed E-state index contributed by atoms with van der Waals surface area (Å²) < 4.78 is 0. The number of unbranched alkanes of at least 4 members (excludes halogenated alkanes) is 4. The maximum Gasteiger partial charge on any atom is 0.105 e. The van der Waals surface area contributed by atoms with E-state index in [0.717, 1.165) is 18.4 Å². The maximum atomic E-state index is 9.99. The van der Waals surface area contributed by atoms with E-state index in [1.807, 2.05) is 0 Å². The number of benzene rings is 1. The molecule has 1 rings (SSSR count). The minimum atomic E-state index is -0.812. The van der Waals surface area contributed by atoms with Crippen LogP contribution in [-0.4, -0.2) is 16.3 Å². The molecule has 0 radical (unpaired) electrons. The summed E-state index contributed by atoms with van der Waals surface area (Å²) in [7, 11) is 0. The summed E-state index contributed by atoms with van der Waals surface area (Å²) in [6, 6.07) is 6.97. The Morgan fingerprint density at radius 3 is 2.22 bits per heavy atom. The molecule has 0 amide bonds. The number of aliphatic hydroxyl groups is 2. The molecule has 1 aromatic rings. The van der Waals surface area contributed by atoms with Gasteiger partial charge in [-0.15, -0.1) is 0 Å². The van der Waals surface area contributed by atoms with Gasteiger partial charge >= 0.3 is 0 Å². The second-order valence-electron chi connectivity index (χ2n) is 4.77. The zero-order valence-electron chi connectivity index (χ0n) is 11.0. The monoisotopic (exact) mass is 270 g/mol. The highest BCUT2D eigenvalue weighted by atomic mass is 35.5. The molecule has 0 heterocycles. The highest BCUT2D eigenvalue weighted by molar-refractivity contribution is 6.30. The normalized spacial score (nSPS) is 14.4. The van der Waals surface area contributed by atoms with Gasteiger partial charge in [-0.3, -0.25) is 0 Å². The average Bonchev–Trinajstić information content (AvgIpc) is 2.38. The van der Waals surface area contributed by atoms with Crippen molar-refractivity contribution in [2.24, 2.45) is 0 Å². The van der Waals surface area contributed by atoms with Gasteiger partial charge in [0.25, 0.3) is 0 Å². The van der Waals surface area contributed by atoms with E-state index < -0.39 is 12.2 Å². The molecule has 1 aromatic carbocycles. The fourth-order valence-electron chi connectivity index (χ4n) is 2.00. The Morgan fingerprint density at radius 1 is 1.00 bits per heavy atom. The van der Waals surface area contributed by atoms with Crippen LogP contribution in [-0.2, 0) is 0 Å². The van der Waals surface area contributed by atoms with Crippen LogP contribution in [0.5, 0.6) is 0 Å². The lowest BCUT2D eigenvalue weighted by atomic mass is 9.99. The van der Waals surface area contributed by atoms with Crippen LogP contribution in [0.4, 0.5) is 0 Å². The van der Waals surface area contributed by atoms with Crippen LogP contribution in [0.25, 0.3) is 0 Å². The van der Waals surface area contributed by atoms with Crippen molar-refractivity contribution in [3.05, 3.63) is 34.9 Å². The van der Waals surface area contributed by atoms with E-state index in [1.54, 1.807) is 24.3 Å². The molecule has 0 aliphatic heterocycles. The fourth-order valence-corrected chi connectivity index (χ4v) is 2.12. The second-order valence-corrected chi connectivity index (χ2v) is 5.20. The summed E-state index contributed by atoms with van der Waals surface area (Å²) in [4.78, 5) is 0. The Labute approximate surface area is 115 Å². The SMILES string of the molecule is CCCCCCC[C@H](O)[C@H](O)c1ccc(Cl)cc1.